The highest BCUT2D eigenvalue weighted by molar-refractivity contribution is 7.99. The minimum Gasteiger partial charge on any atom is -0.335 e. The van der Waals surface area contributed by atoms with Crippen molar-refractivity contribution in [2.24, 2.45) is 7.05 Å². The van der Waals surface area contributed by atoms with Gasteiger partial charge in [-0.3, -0.25) is 4.79 Å². The fraction of sp³-hybridized carbons (Fsp3) is 0.600. The van der Waals surface area contributed by atoms with E-state index in [0.29, 0.717) is 10.9 Å². The molecule has 21 heavy (non-hydrogen) atoms. The van der Waals surface area contributed by atoms with Gasteiger partial charge in [-0.2, -0.15) is 11.8 Å². The number of amides is 2. The van der Waals surface area contributed by atoms with Gasteiger partial charge >= 0.3 is 6.03 Å². The minimum absolute atomic E-state index is 0.198. The van der Waals surface area contributed by atoms with Crippen molar-refractivity contribution in [2.75, 3.05) is 11.1 Å². The molecule has 1 aliphatic carbocycles. The molecular weight excluding hydrogens is 286 g/mol. The third-order valence-electron chi connectivity index (χ3n) is 3.74. The first-order chi connectivity index (χ1) is 10.1. The molecule has 2 amide bonds. The van der Waals surface area contributed by atoms with Crippen LogP contribution in [-0.4, -0.2) is 27.6 Å². The minimum atomic E-state index is -0.287. The number of carbonyl (C=O) groups excluding carboxylic acids is 1. The molecule has 0 unspecified atom stereocenters. The predicted molar refractivity (Wildman–Crippen MR) is 88.0 cm³/mol. The van der Waals surface area contributed by atoms with E-state index in [1.165, 1.54) is 11.0 Å². The van der Waals surface area contributed by atoms with Gasteiger partial charge in [0.05, 0.1) is 0 Å². The van der Waals surface area contributed by atoms with Crippen LogP contribution in [0, 0.1) is 0 Å². The highest BCUT2D eigenvalue weighted by atomic mass is 32.2. The summed E-state index contributed by atoms with van der Waals surface area (Å²) in [5, 5.41) is 6.28. The van der Waals surface area contributed by atoms with Gasteiger partial charge in [-0.15, -0.1) is 0 Å². The SMILES string of the molecule is CCS[C@H]1CCC[C@H](NC(=O)Nc2cccn(C)c2=O)C1. The molecule has 1 aromatic rings. The Morgan fingerprint density at radius 2 is 2.29 bits per heavy atom. The van der Waals surface area contributed by atoms with E-state index < -0.39 is 0 Å². The summed E-state index contributed by atoms with van der Waals surface area (Å²) in [6, 6.07) is 3.28. The molecule has 1 fully saturated rings. The molecule has 0 aromatic carbocycles. The van der Waals surface area contributed by atoms with Gasteiger partial charge in [0.25, 0.3) is 5.56 Å². The lowest BCUT2D eigenvalue weighted by molar-refractivity contribution is 0.244. The van der Waals surface area contributed by atoms with Crippen molar-refractivity contribution in [1.29, 1.82) is 0 Å². The number of nitrogens with one attached hydrogen (secondary N) is 2. The molecule has 2 N–H and O–H groups in total. The second kappa shape index (κ2) is 7.54. The smallest absolute Gasteiger partial charge is 0.319 e. The van der Waals surface area contributed by atoms with Crippen LogP contribution >= 0.6 is 11.8 Å². The second-order valence-electron chi connectivity index (χ2n) is 5.38. The Morgan fingerprint density at radius 1 is 1.48 bits per heavy atom. The summed E-state index contributed by atoms with van der Waals surface area (Å²) in [5.74, 6) is 1.11. The third kappa shape index (κ3) is 4.52. The summed E-state index contributed by atoms with van der Waals surface area (Å²) in [6.45, 7) is 2.17. The maximum absolute atomic E-state index is 12.0. The summed E-state index contributed by atoms with van der Waals surface area (Å²) >= 11 is 1.97. The number of urea groups is 1. The Balaban J connectivity index is 1.89. The largest absolute Gasteiger partial charge is 0.335 e. The highest BCUT2D eigenvalue weighted by Gasteiger charge is 2.23. The quantitative estimate of drug-likeness (QED) is 0.898. The fourth-order valence-electron chi connectivity index (χ4n) is 2.70. The summed E-state index contributed by atoms with van der Waals surface area (Å²) in [4.78, 5) is 23.9. The number of pyridine rings is 1. The Bertz CT molecular complexity index is 542. The summed E-state index contributed by atoms with van der Waals surface area (Å²) in [5.41, 5.74) is 0.114. The van der Waals surface area contributed by atoms with Crippen molar-refractivity contribution >= 4 is 23.5 Å². The Morgan fingerprint density at radius 3 is 3.05 bits per heavy atom. The zero-order valence-electron chi connectivity index (χ0n) is 12.6. The molecular formula is C15H23N3O2S. The summed E-state index contributed by atoms with van der Waals surface area (Å²) in [6.07, 6.45) is 6.08. The molecule has 6 heteroatoms. The van der Waals surface area contributed by atoms with E-state index in [9.17, 15) is 9.59 Å². The number of thioether (sulfide) groups is 1. The first kappa shape index (κ1) is 15.9. The van der Waals surface area contributed by atoms with Gasteiger partial charge in [-0.25, -0.2) is 4.79 Å². The summed E-state index contributed by atoms with van der Waals surface area (Å²) < 4.78 is 1.45. The number of nitrogens with zero attached hydrogens (tertiary/aromatic N) is 1. The van der Waals surface area contributed by atoms with Crippen LogP contribution in [0.15, 0.2) is 23.1 Å². The summed E-state index contributed by atoms with van der Waals surface area (Å²) in [7, 11) is 1.67. The van der Waals surface area contributed by atoms with Crippen LogP contribution in [0.2, 0.25) is 0 Å². The van der Waals surface area contributed by atoms with Gasteiger partial charge in [-0.05, 0) is 37.1 Å². The average molecular weight is 309 g/mol. The number of aromatic nitrogens is 1. The zero-order chi connectivity index (χ0) is 15.2. The first-order valence-corrected chi connectivity index (χ1v) is 8.49. The second-order valence-corrected chi connectivity index (χ2v) is 6.95. The van der Waals surface area contributed by atoms with Crippen molar-refractivity contribution in [2.45, 2.75) is 43.9 Å². The molecule has 2 atom stereocenters. The van der Waals surface area contributed by atoms with Crippen LogP contribution in [0.5, 0.6) is 0 Å². The van der Waals surface area contributed by atoms with E-state index in [-0.39, 0.29) is 17.6 Å². The van der Waals surface area contributed by atoms with Crippen LogP contribution in [0.25, 0.3) is 0 Å². The Hall–Kier alpha value is -1.43. The lowest BCUT2D eigenvalue weighted by Gasteiger charge is -2.29. The molecule has 5 nitrogen and oxygen atoms in total. The molecule has 1 saturated carbocycles. The van der Waals surface area contributed by atoms with E-state index in [2.05, 4.69) is 17.6 Å². The van der Waals surface area contributed by atoms with E-state index in [4.69, 9.17) is 0 Å². The van der Waals surface area contributed by atoms with Gasteiger partial charge in [0.15, 0.2) is 0 Å². The molecule has 2 rings (SSSR count). The van der Waals surface area contributed by atoms with E-state index >= 15 is 0 Å². The molecule has 0 bridgehead atoms. The topological polar surface area (TPSA) is 63.1 Å². The van der Waals surface area contributed by atoms with Gasteiger partial charge in [-0.1, -0.05) is 13.3 Å². The monoisotopic (exact) mass is 309 g/mol. The maximum Gasteiger partial charge on any atom is 0.319 e. The van der Waals surface area contributed by atoms with Crippen molar-refractivity contribution in [3.05, 3.63) is 28.7 Å². The number of aryl methyl sites for hydroxylation is 1. The maximum atomic E-state index is 12.0. The molecule has 0 aliphatic heterocycles. The molecule has 116 valence electrons. The molecule has 0 radical (unpaired) electrons. The fourth-order valence-corrected chi connectivity index (χ4v) is 3.87. The number of anilines is 1. The number of rotatable bonds is 4. The van der Waals surface area contributed by atoms with Gasteiger partial charge in [0.2, 0.25) is 0 Å². The Labute approximate surface area is 129 Å². The van der Waals surface area contributed by atoms with Gasteiger partial charge < -0.3 is 15.2 Å². The lowest BCUT2D eigenvalue weighted by atomic mass is 9.95. The highest BCUT2D eigenvalue weighted by Crippen LogP contribution is 2.28. The molecule has 0 spiro atoms. The van der Waals surface area contributed by atoms with E-state index in [1.54, 1.807) is 25.4 Å². The van der Waals surface area contributed by atoms with Crippen LogP contribution in [0.1, 0.15) is 32.6 Å². The molecule has 1 aliphatic rings. The van der Waals surface area contributed by atoms with Crippen molar-refractivity contribution in [3.63, 3.8) is 0 Å². The van der Waals surface area contributed by atoms with Crippen LogP contribution < -0.4 is 16.2 Å². The number of carbonyl (C=O) groups is 1. The Kier molecular flexibility index (Phi) is 5.73. The van der Waals surface area contributed by atoms with Crippen molar-refractivity contribution in [1.82, 2.24) is 9.88 Å². The van der Waals surface area contributed by atoms with E-state index in [0.717, 1.165) is 25.0 Å². The van der Waals surface area contributed by atoms with Crippen LogP contribution in [0.4, 0.5) is 10.5 Å². The van der Waals surface area contributed by atoms with Crippen molar-refractivity contribution in [3.8, 4) is 0 Å². The third-order valence-corrected chi connectivity index (χ3v) is 4.97. The zero-order valence-corrected chi connectivity index (χ0v) is 13.4. The van der Waals surface area contributed by atoms with Crippen LogP contribution in [-0.2, 0) is 7.05 Å². The first-order valence-electron chi connectivity index (χ1n) is 7.45. The average Bonchev–Trinajstić information content (AvgIpc) is 2.44. The normalized spacial score (nSPS) is 21.8. The van der Waals surface area contributed by atoms with E-state index in [1.807, 2.05) is 11.8 Å². The number of hydrogen-bond donors (Lipinski definition) is 2. The molecule has 1 heterocycles. The number of hydrogen-bond acceptors (Lipinski definition) is 3. The van der Waals surface area contributed by atoms with Crippen LogP contribution in [0.3, 0.4) is 0 Å². The molecule has 0 saturated heterocycles. The molecule has 1 aromatic heterocycles. The van der Waals surface area contributed by atoms with Gasteiger partial charge in [0, 0.05) is 24.5 Å². The lowest BCUT2D eigenvalue weighted by Crippen LogP contribution is -2.42. The van der Waals surface area contributed by atoms with Crippen molar-refractivity contribution < 1.29 is 4.79 Å². The standard InChI is InChI=1S/C15H23N3O2S/c1-3-21-12-7-4-6-11(10-12)16-15(20)17-13-8-5-9-18(2)14(13)19/h5,8-9,11-12H,3-4,6-7,10H2,1-2H3,(H2,16,17,20)/t11-,12-/m0/s1. The predicted octanol–water partition coefficient (Wildman–Crippen LogP) is 2.57. The van der Waals surface area contributed by atoms with Gasteiger partial charge in [0.1, 0.15) is 5.69 Å².